The third-order valence-corrected chi connectivity index (χ3v) is 7.15. The topological polar surface area (TPSA) is 66.7 Å². The highest BCUT2D eigenvalue weighted by atomic mass is 32.2. The van der Waals surface area contributed by atoms with Gasteiger partial charge in [0.1, 0.15) is 6.26 Å². The van der Waals surface area contributed by atoms with Gasteiger partial charge in [0.25, 0.3) is 0 Å². The molecule has 1 fully saturated rings. The maximum absolute atomic E-state index is 12.7. The van der Waals surface area contributed by atoms with Gasteiger partial charge in [-0.05, 0) is 23.6 Å². The van der Waals surface area contributed by atoms with Crippen LogP contribution in [0.4, 0.5) is 0 Å². The molecule has 3 aromatic rings. The van der Waals surface area contributed by atoms with Crippen molar-refractivity contribution in [3.05, 3.63) is 59.8 Å². The lowest BCUT2D eigenvalue weighted by atomic mass is 10.3. The Morgan fingerprint density at radius 2 is 1.81 bits per heavy atom. The van der Waals surface area contributed by atoms with Crippen LogP contribution in [-0.2, 0) is 16.6 Å². The predicted molar refractivity (Wildman–Crippen MR) is 100 cm³/mol. The van der Waals surface area contributed by atoms with E-state index < -0.39 is 10.0 Å². The van der Waals surface area contributed by atoms with Crippen LogP contribution < -0.4 is 0 Å². The van der Waals surface area contributed by atoms with Crippen molar-refractivity contribution in [1.29, 1.82) is 0 Å². The van der Waals surface area contributed by atoms with Crippen LogP contribution in [0.1, 0.15) is 5.69 Å². The quantitative estimate of drug-likeness (QED) is 0.671. The summed E-state index contributed by atoms with van der Waals surface area (Å²) in [5, 5.41) is 1.99. The number of oxazole rings is 1. The number of hydrogen-bond acceptors (Lipinski definition) is 6. The van der Waals surface area contributed by atoms with Gasteiger partial charge in [-0.2, -0.15) is 4.31 Å². The van der Waals surface area contributed by atoms with Crippen LogP contribution in [0.25, 0.3) is 10.8 Å². The summed E-state index contributed by atoms with van der Waals surface area (Å²) in [6, 6.07) is 12.5. The Labute approximate surface area is 156 Å². The van der Waals surface area contributed by atoms with Crippen LogP contribution in [0.2, 0.25) is 0 Å². The van der Waals surface area contributed by atoms with Crippen molar-refractivity contribution < 1.29 is 12.8 Å². The average Bonchev–Trinajstić information content (AvgIpc) is 3.34. The van der Waals surface area contributed by atoms with E-state index in [1.807, 2.05) is 23.6 Å². The van der Waals surface area contributed by atoms with E-state index in [0.29, 0.717) is 43.5 Å². The van der Waals surface area contributed by atoms with Gasteiger partial charge in [-0.3, -0.25) is 4.90 Å². The monoisotopic (exact) mass is 389 g/mol. The second kappa shape index (κ2) is 7.32. The van der Waals surface area contributed by atoms with Crippen LogP contribution in [0.5, 0.6) is 0 Å². The van der Waals surface area contributed by atoms with E-state index >= 15 is 0 Å². The standard InChI is InChI=1S/C18H19N3O3S2/c22-26(23,16-5-2-1-3-6-16)21-10-8-20(9-11-21)13-15-14-24-18(19-15)17-7-4-12-25-17/h1-7,12,14H,8-11,13H2. The molecule has 26 heavy (non-hydrogen) atoms. The molecule has 0 atom stereocenters. The van der Waals surface area contributed by atoms with Crippen molar-refractivity contribution in [1.82, 2.24) is 14.2 Å². The number of aromatic nitrogens is 1. The van der Waals surface area contributed by atoms with Crippen molar-refractivity contribution in [3.8, 4) is 10.8 Å². The molecule has 1 aromatic carbocycles. The minimum Gasteiger partial charge on any atom is -0.444 e. The van der Waals surface area contributed by atoms with E-state index in [-0.39, 0.29) is 0 Å². The van der Waals surface area contributed by atoms with Crippen LogP contribution in [0, 0.1) is 0 Å². The first-order chi connectivity index (χ1) is 12.6. The molecule has 4 rings (SSSR count). The van der Waals surface area contributed by atoms with Gasteiger partial charge in [0.05, 0.1) is 15.5 Å². The minimum atomic E-state index is -3.41. The fourth-order valence-corrected chi connectivity index (χ4v) is 5.09. The molecule has 0 N–H and O–H groups in total. The third-order valence-electron chi connectivity index (χ3n) is 4.38. The van der Waals surface area contributed by atoms with Crippen LogP contribution >= 0.6 is 11.3 Å². The molecule has 2 aromatic heterocycles. The molecule has 0 aliphatic carbocycles. The molecule has 1 aliphatic heterocycles. The van der Waals surface area contributed by atoms with Crippen LogP contribution in [0.15, 0.2) is 63.4 Å². The lowest BCUT2D eigenvalue weighted by Gasteiger charge is -2.33. The molecule has 0 bridgehead atoms. The highest BCUT2D eigenvalue weighted by molar-refractivity contribution is 7.89. The fraction of sp³-hybridized carbons (Fsp3) is 0.278. The Bertz CT molecular complexity index is 945. The smallest absolute Gasteiger partial charge is 0.243 e. The maximum atomic E-state index is 12.7. The Balaban J connectivity index is 1.37. The summed E-state index contributed by atoms with van der Waals surface area (Å²) in [6.45, 7) is 2.97. The molecule has 8 heteroatoms. The number of piperazine rings is 1. The number of benzene rings is 1. The Morgan fingerprint density at radius 1 is 1.04 bits per heavy atom. The van der Waals surface area contributed by atoms with E-state index in [9.17, 15) is 8.42 Å². The molecule has 0 amide bonds. The van der Waals surface area contributed by atoms with Crippen LogP contribution in [0.3, 0.4) is 0 Å². The molecular formula is C18H19N3O3S2. The average molecular weight is 390 g/mol. The summed E-state index contributed by atoms with van der Waals surface area (Å²) < 4.78 is 32.4. The molecule has 0 saturated carbocycles. The van der Waals surface area contributed by atoms with Gasteiger partial charge < -0.3 is 4.42 Å². The first kappa shape index (κ1) is 17.4. The zero-order valence-corrected chi connectivity index (χ0v) is 15.7. The molecule has 0 spiro atoms. The highest BCUT2D eigenvalue weighted by Crippen LogP contribution is 2.24. The third kappa shape index (κ3) is 3.59. The van der Waals surface area contributed by atoms with Gasteiger partial charge in [0.2, 0.25) is 15.9 Å². The second-order valence-electron chi connectivity index (χ2n) is 6.11. The SMILES string of the molecule is O=S(=O)(c1ccccc1)N1CCN(Cc2coc(-c3cccs3)n2)CC1. The summed E-state index contributed by atoms with van der Waals surface area (Å²) in [4.78, 5) is 8.10. The maximum Gasteiger partial charge on any atom is 0.243 e. The summed E-state index contributed by atoms with van der Waals surface area (Å²) in [5.41, 5.74) is 0.868. The zero-order chi connectivity index (χ0) is 18.0. The summed E-state index contributed by atoms with van der Waals surface area (Å²) in [7, 11) is -3.41. The van der Waals surface area contributed by atoms with Gasteiger partial charge in [-0.15, -0.1) is 11.3 Å². The highest BCUT2D eigenvalue weighted by Gasteiger charge is 2.28. The number of sulfonamides is 1. The van der Waals surface area contributed by atoms with Gasteiger partial charge in [-0.1, -0.05) is 24.3 Å². The molecule has 3 heterocycles. The van der Waals surface area contributed by atoms with Crippen molar-refractivity contribution >= 4 is 21.4 Å². The molecule has 1 aliphatic rings. The van der Waals surface area contributed by atoms with Crippen molar-refractivity contribution in [2.24, 2.45) is 0 Å². The lowest BCUT2D eigenvalue weighted by Crippen LogP contribution is -2.48. The minimum absolute atomic E-state index is 0.352. The first-order valence-electron chi connectivity index (χ1n) is 8.39. The molecule has 136 valence electrons. The van der Waals surface area contributed by atoms with Gasteiger partial charge in [-0.25, -0.2) is 13.4 Å². The molecule has 0 unspecified atom stereocenters. The largest absolute Gasteiger partial charge is 0.444 e. The second-order valence-corrected chi connectivity index (χ2v) is 9.00. The predicted octanol–water partition coefficient (Wildman–Crippen LogP) is 2.91. The lowest BCUT2D eigenvalue weighted by molar-refractivity contribution is 0.180. The normalized spacial score (nSPS) is 16.8. The van der Waals surface area contributed by atoms with Crippen molar-refractivity contribution in [3.63, 3.8) is 0 Å². The number of nitrogens with zero attached hydrogens (tertiary/aromatic N) is 3. The van der Waals surface area contributed by atoms with E-state index in [0.717, 1.165) is 10.6 Å². The van der Waals surface area contributed by atoms with E-state index in [2.05, 4.69) is 9.88 Å². The number of hydrogen-bond donors (Lipinski definition) is 0. The molecule has 6 nitrogen and oxygen atoms in total. The van der Waals surface area contributed by atoms with Crippen LogP contribution in [-0.4, -0.2) is 48.8 Å². The summed E-state index contributed by atoms with van der Waals surface area (Å²) >= 11 is 1.59. The van der Waals surface area contributed by atoms with Gasteiger partial charge in [0, 0.05) is 32.7 Å². The first-order valence-corrected chi connectivity index (χ1v) is 10.7. The zero-order valence-electron chi connectivity index (χ0n) is 14.1. The van der Waals surface area contributed by atoms with E-state index in [1.54, 1.807) is 46.2 Å². The number of rotatable bonds is 5. The van der Waals surface area contributed by atoms with E-state index in [1.165, 1.54) is 0 Å². The Kier molecular flexibility index (Phi) is 4.90. The van der Waals surface area contributed by atoms with Crippen molar-refractivity contribution in [2.45, 2.75) is 11.4 Å². The number of thiophene rings is 1. The van der Waals surface area contributed by atoms with Gasteiger partial charge in [0.15, 0.2) is 0 Å². The van der Waals surface area contributed by atoms with Gasteiger partial charge >= 0.3 is 0 Å². The summed E-state index contributed by atoms with van der Waals surface area (Å²) in [5.74, 6) is 0.639. The Hall–Kier alpha value is -2.00. The van der Waals surface area contributed by atoms with E-state index in [4.69, 9.17) is 4.42 Å². The fourth-order valence-electron chi connectivity index (χ4n) is 2.99. The molecule has 0 radical (unpaired) electrons. The Morgan fingerprint density at radius 3 is 2.50 bits per heavy atom. The van der Waals surface area contributed by atoms with Crippen molar-refractivity contribution in [2.75, 3.05) is 26.2 Å². The summed E-state index contributed by atoms with van der Waals surface area (Å²) in [6.07, 6.45) is 1.68. The molecular weight excluding hydrogens is 370 g/mol. The molecule has 1 saturated heterocycles.